The number of ether oxygens (including phenoxy) is 1. The van der Waals surface area contributed by atoms with Gasteiger partial charge in [-0.25, -0.2) is 9.97 Å². The summed E-state index contributed by atoms with van der Waals surface area (Å²) in [5.41, 5.74) is 1.54. The Bertz CT molecular complexity index is 707. The van der Waals surface area contributed by atoms with Crippen LogP contribution in [-0.4, -0.2) is 53.5 Å². The van der Waals surface area contributed by atoms with Gasteiger partial charge in [0.2, 0.25) is 0 Å². The number of fused-ring (bicyclic) bond motifs is 1. The molecule has 0 amide bonds. The summed E-state index contributed by atoms with van der Waals surface area (Å²) in [6.45, 7) is 5.32. The molecule has 2 fully saturated rings. The maximum absolute atomic E-state index is 10.1. The molecule has 0 bridgehead atoms. The summed E-state index contributed by atoms with van der Waals surface area (Å²) < 4.78 is 5.83. The molecule has 2 atom stereocenters. The van der Waals surface area contributed by atoms with Crippen LogP contribution in [0.3, 0.4) is 0 Å². The van der Waals surface area contributed by atoms with Gasteiger partial charge in [0, 0.05) is 31.4 Å². The average molecular weight is 312 g/mol. The lowest BCUT2D eigenvalue weighted by molar-refractivity contribution is 0.0212. The summed E-state index contributed by atoms with van der Waals surface area (Å²) in [5, 5.41) is 13.6. The van der Waals surface area contributed by atoms with Crippen LogP contribution in [0.25, 0.3) is 11.4 Å². The maximum Gasteiger partial charge on any atom is 0.165 e. The molecule has 0 saturated carbocycles. The third-order valence-electron chi connectivity index (χ3n) is 4.42. The van der Waals surface area contributed by atoms with Crippen LogP contribution >= 0.6 is 0 Å². The predicted molar refractivity (Wildman–Crippen MR) is 87.6 cm³/mol. The molecule has 0 aliphatic carbocycles. The van der Waals surface area contributed by atoms with Crippen molar-refractivity contribution in [2.45, 2.75) is 19.1 Å². The number of para-hydroxylation sites is 1. The minimum absolute atomic E-state index is 0.198. The van der Waals surface area contributed by atoms with Gasteiger partial charge in [0.1, 0.15) is 11.6 Å². The number of hydrogen-bond acceptors (Lipinski definition) is 6. The number of phenolic OH excluding ortho intramolecular Hbond substituents is 1. The van der Waals surface area contributed by atoms with Crippen molar-refractivity contribution in [2.75, 3.05) is 31.1 Å². The van der Waals surface area contributed by atoms with Crippen molar-refractivity contribution < 1.29 is 9.84 Å². The Hall–Kier alpha value is -2.18. The number of benzene rings is 1. The zero-order chi connectivity index (χ0) is 15.8. The number of morpholine rings is 1. The lowest BCUT2D eigenvalue weighted by Crippen LogP contribution is -2.47. The van der Waals surface area contributed by atoms with Gasteiger partial charge in [-0.2, -0.15) is 0 Å². The molecule has 6 heteroatoms. The lowest BCUT2D eigenvalue weighted by atomic mass is 10.2. The second kappa shape index (κ2) is 5.79. The van der Waals surface area contributed by atoms with E-state index < -0.39 is 0 Å². The molecule has 0 spiro atoms. The normalized spacial score (nSPS) is 23.8. The zero-order valence-corrected chi connectivity index (χ0v) is 13.1. The summed E-state index contributed by atoms with van der Waals surface area (Å²) in [6.07, 6.45) is 0.215. The number of aromatic nitrogens is 2. The lowest BCUT2D eigenvalue weighted by Gasteiger charge is -2.25. The van der Waals surface area contributed by atoms with E-state index in [2.05, 4.69) is 20.2 Å². The van der Waals surface area contributed by atoms with E-state index in [4.69, 9.17) is 4.74 Å². The predicted octanol–water partition coefficient (Wildman–Crippen LogP) is 1.33. The van der Waals surface area contributed by atoms with E-state index in [-0.39, 0.29) is 11.9 Å². The Balaban J connectivity index is 1.66. The first kappa shape index (κ1) is 14.4. The van der Waals surface area contributed by atoms with Crippen LogP contribution in [0.4, 0.5) is 5.82 Å². The number of anilines is 1. The molecule has 1 aromatic heterocycles. The Kier molecular flexibility index (Phi) is 3.63. The number of aryl methyl sites for hydroxylation is 1. The number of nitrogens with one attached hydrogen (secondary N) is 1. The van der Waals surface area contributed by atoms with E-state index in [1.807, 2.05) is 25.1 Å². The molecule has 2 aromatic rings. The second-order valence-electron chi connectivity index (χ2n) is 6.08. The molecule has 120 valence electrons. The van der Waals surface area contributed by atoms with Gasteiger partial charge >= 0.3 is 0 Å². The molecule has 2 saturated heterocycles. The maximum atomic E-state index is 10.1. The molecule has 0 unspecified atom stereocenters. The molecule has 3 heterocycles. The van der Waals surface area contributed by atoms with Gasteiger partial charge in [-0.3, -0.25) is 0 Å². The van der Waals surface area contributed by atoms with Crippen molar-refractivity contribution in [1.82, 2.24) is 15.3 Å². The molecule has 4 rings (SSSR count). The highest BCUT2D eigenvalue weighted by molar-refractivity contribution is 5.65. The summed E-state index contributed by atoms with van der Waals surface area (Å²) in [5.74, 6) is 1.64. The van der Waals surface area contributed by atoms with Gasteiger partial charge in [0.05, 0.1) is 24.3 Å². The Morgan fingerprint density at radius 2 is 2.13 bits per heavy atom. The third kappa shape index (κ3) is 2.75. The first-order valence-electron chi connectivity index (χ1n) is 7.95. The molecule has 23 heavy (non-hydrogen) atoms. The summed E-state index contributed by atoms with van der Waals surface area (Å²) in [4.78, 5) is 11.4. The Morgan fingerprint density at radius 3 is 2.96 bits per heavy atom. The minimum Gasteiger partial charge on any atom is -0.507 e. The van der Waals surface area contributed by atoms with E-state index in [0.29, 0.717) is 17.4 Å². The molecule has 1 aromatic carbocycles. The van der Waals surface area contributed by atoms with Crippen molar-refractivity contribution in [2.24, 2.45) is 0 Å². The third-order valence-corrected chi connectivity index (χ3v) is 4.42. The monoisotopic (exact) mass is 312 g/mol. The van der Waals surface area contributed by atoms with Crippen LogP contribution in [0.2, 0.25) is 0 Å². The summed E-state index contributed by atoms with van der Waals surface area (Å²) in [6, 6.07) is 9.51. The quantitative estimate of drug-likeness (QED) is 0.872. The van der Waals surface area contributed by atoms with Gasteiger partial charge in [0.15, 0.2) is 5.82 Å². The van der Waals surface area contributed by atoms with Crippen LogP contribution in [-0.2, 0) is 4.74 Å². The minimum atomic E-state index is 0.198. The fraction of sp³-hybridized carbons (Fsp3) is 0.412. The average Bonchev–Trinajstić information content (AvgIpc) is 2.99. The molecule has 2 aliphatic heterocycles. The fourth-order valence-corrected chi connectivity index (χ4v) is 3.28. The molecular formula is C17H20N4O2. The van der Waals surface area contributed by atoms with Gasteiger partial charge < -0.3 is 20.1 Å². The first-order valence-corrected chi connectivity index (χ1v) is 7.95. The van der Waals surface area contributed by atoms with E-state index in [0.717, 1.165) is 37.8 Å². The highest BCUT2D eigenvalue weighted by Crippen LogP contribution is 2.29. The SMILES string of the molecule is Cc1cc(N2C[C@@H]3NCCO[C@H]3C2)nc(-c2ccccc2O)n1. The van der Waals surface area contributed by atoms with Gasteiger partial charge in [-0.1, -0.05) is 12.1 Å². The van der Waals surface area contributed by atoms with Crippen molar-refractivity contribution in [1.29, 1.82) is 0 Å². The second-order valence-corrected chi connectivity index (χ2v) is 6.08. The number of aromatic hydroxyl groups is 1. The number of nitrogens with zero attached hydrogens (tertiary/aromatic N) is 3. The van der Waals surface area contributed by atoms with Crippen molar-refractivity contribution in [3.63, 3.8) is 0 Å². The van der Waals surface area contributed by atoms with Gasteiger partial charge in [0.25, 0.3) is 0 Å². The topological polar surface area (TPSA) is 70.5 Å². The van der Waals surface area contributed by atoms with Crippen LogP contribution in [0.1, 0.15) is 5.69 Å². The first-order chi connectivity index (χ1) is 11.2. The Morgan fingerprint density at radius 1 is 1.26 bits per heavy atom. The highest BCUT2D eigenvalue weighted by atomic mass is 16.5. The van der Waals surface area contributed by atoms with E-state index in [1.54, 1.807) is 12.1 Å². The van der Waals surface area contributed by atoms with Crippen LogP contribution in [0.5, 0.6) is 5.75 Å². The largest absolute Gasteiger partial charge is 0.507 e. The fourth-order valence-electron chi connectivity index (χ4n) is 3.28. The van der Waals surface area contributed by atoms with Gasteiger partial charge in [-0.05, 0) is 19.1 Å². The molecule has 6 nitrogen and oxygen atoms in total. The summed E-state index contributed by atoms with van der Waals surface area (Å²) >= 11 is 0. The molecule has 0 radical (unpaired) electrons. The number of hydrogen-bond donors (Lipinski definition) is 2. The number of phenols is 1. The molecule has 2 aliphatic rings. The molecular weight excluding hydrogens is 292 g/mol. The van der Waals surface area contributed by atoms with Crippen LogP contribution in [0, 0.1) is 6.92 Å². The van der Waals surface area contributed by atoms with Crippen LogP contribution < -0.4 is 10.2 Å². The van der Waals surface area contributed by atoms with Crippen LogP contribution in [0.15, 0.2) is 30.3 Å². The zero-order valence-electron chi connectivity index (χ0n) is 13.1. The van der Waals surface area contributed by atoms with Crippen molar-refractivity contribution >= 4 is 5.82 Å². The van der Waals surface area contributed by atoms with Crippen molar-refractivity contribution in [3.8, 4) is 17.1 Å². The smallest absolute Gasteiger partial charge is 0.165 e. The van der Waals surface area contributed by atoms with Gasteiger partial charge in [-0.15, -0.1) is 0 Å². The van der Waals surface area contributed by atoms with E-state index in [1.165, 1.54) is 0 Å². The Labute approximate surface area is 135 Å². The van der Waals surface area contributed by atoms with E-state index >= 15 is 0 Å². The highest BCUT2D eigenvalue weighted by Gasteiger charge is 2.36. The standard InChI is InChI=1S/C17H20N4O2/c1-11-8-16(21-9-13-15(10-21)23-7-6-18-13)20-17(19-11)12-4-2-3-5-14(12)22/h2-5,8,13,15,18,22H,6-7,9-10H2,1H3/t13-,15-/m0/s1. The summed E-state index contributed by atoms with van der Waals surface area (Å²) in [7, 11) is 0. The number of rotatable bonds is 2. The van der Waals surface area contributed by atoms with E-state index in [9.17, 15) is 5.11 Å². The van der Waals surface area contributed by atoms with Crippen molar-refractivity contribution in [3.05, 3.63) is 36.0 Å². The molecule has 2 N–H and O–H groups in total.